The van der Waals surface area contributed by atoms with E-state index >= 15 is 0 Å². The van der Waals surface area contributed by atoms with Crippen LogP contribution in [0.25, 0.3) is 0 Å². The van der Waals surface area contributed by atoms with Crippen molar-refractivity contribution in [2.75, 3.05) is 11.9 Å². The van der Waals surface area contributed by atoms with Crippen molar-refractivity contribution < 1.29 is 0 Å². The summed E-state index contributed by atoms with van der Waals surface area (Å²) in [5.74, 6) is 0.937. The first-order valence-electron chi connectivity index (χ1n) is 6.09. The van der Waals surface area contributed by atoms with E-state index in [4.69, 9.17) is 5.73 Å². The van der Waals surface area contributed by atoms with Gasteiger partial charge in [0.1, 0.15) is 5.82 Å². The molecule has 0 spiro atoms. The molecule has 0 radical (unpaired) electrons. The van der Waals surface area contributed by atoms with Gasteiger partial charge in [0, 0.05) is 31.0 Å². The molecule has 18 heavy (non-hydrogen) atoms. The van der Waals surface area contributed by atoms with Crippen molar-refractivity contribution in [3.63, 3.8) is 0 Å². The maximum atomic E-state index is 5.84. The summed E-state index contributed by atoms with van der Waals surface area (Å²) in [6.07, 6.45) is 1.83. The highest BCUT2D eigenvalue weighted by Gasteiger charge is 2.12. The molecule has 0 aliphatic heterocycles. The minimum Gasteiger partial charge on any atom is -0.329 e. The third-order valence-corrected chi connectivity index (χ3v) is 3.27. The molecule has 0 aliphatic rings. The number of anilines is 2. The Kier molecular flexibility index (Phi) is 3.63. The van der Waals surface area contributed by atoms with Crippen LogP contribution in [-0.2, 0) is 6.54 Å². The molecule has 0 saturated heterocycles. The number of aromatic nitrogens is 1. The quantitative estimate of drug-likeness (QED) is 0.898. The average Bonchev–Trinajstić information content (AvgIpc) is 2.38. The van der Waals surface area contributed by atoms with Crippen LogP contribution in [0.15, 0.2) is 36.5 Å². The van der Waals surface area contributed by atoms with Crippen LogP contribution >= 0.6 is 0 Å². The van der Waals surface area contributed by atoms with Crippen LogP contribution in [0.3, 0.4) is 0 Å². The normalized spacial score (nSPS) is 10.4. The molecule has 0 aliphatic carbocycles. The molecule has 0 atom stereocenters. The molecule has 3 nitrogen and oxygen atoms in total. The first-order valence-corrected chi connectivity index (χ1v) is 6.09. The van der Waals surface area contributed by atoms with E-state index in [1.165, 1.54) is 11.1 Å². The van der Waals surface area contributed by atoms with Crippen LogP contribution in [0.5, 0.6) is 0 Å². The highest BCUT2D eigenvalue weighted by atomic mass is 15.2. The number of rotatable bonds is 3. The zero-order valence-electron chi connectivity index (χ0n) is 11.1. The molecule has 94 valence electrons. The van der Waals surface area contributed by atoms with E-state index in [0.717, 1.165) is 17.1 Å². The van der Waals surface area contributed by atoms with Crippen LogP contribution in [0.2, 0.25) is 0 Å². The highest BCUT2D eigenvalue weighted by Crippen LogP contribution is 2.28. The number of hydrogen-bond donors (Lipinski definition) is 1. The number of aryl methyl sites for hydroxylation is 2. The Morgan fingerprint density at radius 1 is 1.11 bits per heavy atom. The number of nitrogens with two attached hydrogens (primary N) is 1. The van der Waals surface area contributed by atoms with Gasteiger partial charge in [0.15, 0.2) is 0 Å². The fourth-order valence-corrected chi connectivity index (χ4v) is 2.17. The van der Waals surface area contributed by atoms with Crippen molar-refractivity contribution in [1.82, 2.24) is 4.98 Å². The average molecular weight is 241 g/mol. The molecule has 0 bridgehead atoms. The lowest BCUT2D eigenvalue weighted by Gasteiger charge is -2.23. The maximum Gasteiger partial charge on any atom is 0.137 e. The van der Waals surface area contributed by atoms with Gasteiger partial charge in [0.25, 0.3) is 0 Å². The summed E-state index contributed by atoms with van der Waals surface area (Å²) in [5.41, 5.74) is 10.5. The largest absolute Gasteiger partial charge is 0.329 e. The second kappa shape index (κ2) is 5.19. The van der Waals surface area contributed by atoms with E-state index in [-0.39, 0.29) is 0 Å². The van der Waals surface area contributed by atoms with E-state index in [1.54, 1.807) is 0 Å². The Morgan fingerprint density at radius 3 is 2.50 bits per heavy atom. The third-order valence-electron chi connectivity index (χ3n) is 3.27. The Morgan fingerprint density at radius 2 is 1.83 bits per heavy atom. The smallest absolute Gasteiger partial charge is 0.137 e. The summed E-state index contributed by atoms with van der Waals surface area (Å²) >= 11 is 0. The van der Waals surface area contributed by atoms with Gasteiger partial charge in [0.05, 0.1) is 0 Å². The monoisotopic (exact) mass is 241 g/mol. The predicted molar refractivity (Wildman–Crippen MR) is 76.1 cm³/mol. The van der Waals surface area contributed by atoms with Crippen molar-refractivity contribution in [2.24, 2.45) is 5.73 Å². The minimum atomic E-state index is 0.505. The lowest BCUT2D eigenvalue weighted by Crippen LogP contribution is -2.16. The van der Waals surface area contributed by atoms with Crippen molar-refractivity contribution in [2.45, 2.75) is 20.4 Å². The first kappa shape index (κ1) is 12.6. The van der Waals surface area contributed by atoms with Crippen LogP contribution in [-0.4, -0.2) is 12.0 Å². The summed E-state index contributed by atoms with van der Waals surface area (Å²) in [5, 5.41) is 0. The zero-order valence-corrected chi connectivity index (χ0v) is 11.1. The Bertz CT molecular complexity index is 549. The van der Waals surface area contributed by atoms with Crippen molar-refractivity contribution in [3.8, 4) is 0 Å². The molecule has 3 heteroatoms. The highest BCUT2D eigenvalue weighted by molar-refractivity contribution is 5.66. The molecule has 1 heterocycles. The molecule has 2 aromatic rings. The van der Waals surface area contributed by atoms with Gasteiger partial charge in [-0.1, -0.05) is 18.2 Å². The fraction of sp³-hybridized carbons (Fsp3) is 0.267. The summed E-state index contributed by atoms with van der Waals surface area (Å²) < 4.78 is 0. The van der Waals surface area contributed by atoms with Gasteiger partial charge in [-0.05, 0) is 37.1 Å². The number of benzene rings is 1. The Hall–Kier alpha value is -1.87. The number of pyridine rings is 1. The van der Waals surface area contributed by atoms with Crippen LogP contribution in [0.1, 0.15) is 16.7 Å². The van der Waals surface area contributed by atoms with Gasteiger partial charge in [0.2, 0.25) is 0 Å². The lowest BCUT2D eigenvalue weighted by molar-refractivity contribution is 0.989. The van der Waals surface area contributed by atoms with Gasteiger partial charge < -0.3 is 10.6 Å². The summed E-state index contributed by atoms with van der Waals surface area (Å²) in [6, 6.07) is 10.3. The van der Waals surface area contributed by atoms with E-state index in [9.17, 15) is 0 Å². The van der Waals surface area contributed by atoms with Gasteiger partial charge >= 0.3 is 0 Å². The van der Waals surface area contributed by atoms with Crippen molar-refractivity contribution in [1.29, 1.82) is 0 Å². The summed E-state index contributed by atoms with van der Waals surface area (Å²) in [4.78, 5) is 6.58. The fourth-order valence-electron chi connectivity index (χ4n) is 2.17. The standard InChI is InChI=1S/C15H19N3/c1-11-8-9-17-15(13(11)10-16)18(3)14-7-5-4-6-12(14)2/h4-9H,10,16H2,1-3H3. The van der Waals surface area contributed by atoms with E-state index in [1.807, 2.05) is 31.4 Å². The Labute approximate surface area is 108 Å². The summed E-state index contributed by atoms with van der Waals surface area (Å²) in [7, 11) is 2.03. The van der Waals surface area contributed by atoms with E-state index in [2.05, 4.69) is 35.9 Å². The summed E-state index contributed by atoms with van der Waals surface area (Å²) in [6.45, 7) is 4.67. The third kappa shape index (κ3) is 2.22. The van der Waals surface area contributed by atoms with Gasteiger partial charge in [-0.3, -0.25) is 0 Å². The lowest BCUT2D eigenvalue weighted by atomic mass is 10.1. The van der Waals surface area contributed by atoms with Crippen LogP contribution in [0, 0.1) is 13.8 Å². The second-order valence-corrected chi connectivity index (χ2v) is 4.48. The predicted octanol–water partition coefficient (Wildman–Crippen LogP) is 2.93. The molecule has 1 aromatic heterocycles. The number of para-hydroxylation sites is 1. The minimum absolute atomic E-state index is 0.505. The first-order chi connectivity index (χ1) is 8.65. The molecule has 0 saturated carbocycles. The second-order valence-electron chi connectivity index (χ2n) is 4.48. The molecule has 1 aromatic carbocycles. The molecule has 2 rings (SSSR count). The van der Waals surface area contributed by atoms with E-state index in [0.29, 0.717) is 6.54 Å². The van der Waals surface area contributed by atoms with Gasteiger partial charge in [-0.2, -0.15) is 0 Å². The zero-order chi connectivity index (χ0) is 13.1. The molecule has 0 amide bonds. The molecule has 0 fully saturated rings. The number of nitrogens with zero attached hydrogens (tertiary/aromatic N) is 2. The molecule has 2 N–H and O–H groups in total. The van der Waals surface area contributed by atoms with Gasteiger partial charge in [-0.15, -0.1) is 0 Å². The van der Waals surface area contributed by atoms with Gasteiger partial charge in [-0.25, -0.2) is 4.98 Å². The Balaban J connectivity index is 2.50. The molecule has 0 unspecified atom stereocenters. The van der Waals surface area contributed by atoms with Crippen LogP contribution in [0.4, 0.5) is 11.5 Å². The molecular weight excluding hydrogens is 222 g/mol. The van der Waals surface area contributed by atoms with Crippen molar-refractivity contribution >= 4 is 11.5 Å². The maximum absolute atomic E-state index is 5.84. The topological polar surface area (TPSA) is 42.2 Å². The van der Waals surface area contributed by atoms with Crippen LogP contribution < -0.4 is 10.6 Å². The van der Waals surface area contributed by atoms with Crippen molar-refractivity contribution in [3.05, 3.63) is 53.2 Å². The number of hydrogen-bond acceptors (Lipinski definition) is 3. The SMILES string of the molecule is Cc1ccccc1N(C)c1nccc(C)c1CN. The molecular formula is C15H19N3. The van der Waals surface area contributed by atoms with E-state index < -0.39 is 0 Å².